The fourth-order valence-corrected chi connectivity index (χ4v) is 4.34. The first kappa shape index (κ1) is 17.3. The minimum atomic E-state index is 0.727. The van der Waals surface area contributed by atoms with Crippen LogP contribution in [0.4, 0.5) is 0 Å². The summed E-state index contributed by atoms with van der Waals surface area (Å²) in [6.07, 6.45) is 10.4. The molecule has 1 saturated carbocycles. The zero-order valence-corrected chi connectivity index (χ0v) is 15.0. The summed E-state index contributed by atoms with van der Waals surface area (Å²) in [5.41, 5.74) is 0.744. The molecule has 2 rings (SSSR count). The maximum absolute atomic E-state index is 3.63. The maximum Gasteiger partial charge on any atom is 0.0105 e. The standard InChI is InChI=1S/C19H38N2/c1-16(2)14-20-15-17(3)18(4)21-12-10-19(11-13-21)8-6-5-7-9-19/h16-18,20H,5-15H2,1-4H3. The molecule has 2 heteroatoms. The van der Waals surface area contributed by atoms with E-state index in [0.29, 0.717) is 0 Å². The summed E-state index contributed by atoms with van der Waals surface area (Å²) in [5.74, 6) is 1.51. The molecule has 2 aliphatic rings. The fraction of sp³-hybridized carbons (Fsp3) is 1.00. The highest BCUT2D eigenvalue weighted by Crippen LogP contribution is 2.44. The Labute approximate surface area is 133 Å². The molecule has 2 atom stereocenters. The number of nitrogens with zero attached hydrogens (tertiary/aromatic N) is 1. The van der Waals surface area contributed by atoms with Gasteiger partial charge in [-0.05, 0) is 76.0 Å². The third-order valence-electron chi connectivity index (χ3n) is 6.19. The van der Waals surface area contributed by atoms with E-state index in [4.69, 9.17) is 0 Å². The van der Waals surface area contributed by atoms with Gasteiger partial charge in [-0.1, -0.05) is 40.0 Å². The van der Waals surface area contributed by atoms with E-state index >= 15 is 0 Å². The second-order valence-corrected chi connectivity index (χ2v) is 8.37. The molecule has 1 aliphatic carbocycles. The van der Waals surface area contributed by atoms with E-state index in [1.807, 2.05) is 0 Å². The highest BCUT2D eigenvalue weighted by molar-refractivity contribution is 4.90. The molecular weight excluding hydrogens is 256 g/mol. The van der Waals surface area contributed by atoms with Gasteiger partial charge >= 0.3 is 0 Å². The first-order valence-electron chi connectivity index (χ1n) is 9.47. The lowest BCUT2D eigenvalue weighted by atomic mass is 9.68. The molecule has 2 fully saturated rings. The third kappa shape index (κ3) is 4.96. The maximum atomic E-state index is 3.63. The Morgan fingerprint density at radius 1 is 0.857 bits per heavy atom. The fourth-order valence-electron chi connectivity index (χ4n) is 4.34. The largest absolute Gasteiger partial charge is 0.316 e. The Kier molecular flexibility index (Phi) is 6.55. The summed E-state index contributed by atoms with van der Waals surface area (Å²) in [7, 11) is 0. The molecule has 0 aromatic carbocycles. The van der Waals surface area contributed by atoms with Crippen LogP contribution in [0.1, 0.15) is 72.6 Å². The van der Waals surface area contributed by atoms with Gasteiger partial charge in [0, 0.05) is 6.04 Å². The quantitative estimate of drug-likeness (QED) is 0.785. The van der Waals surface area contributed by atoms with Crippen molar-refractivity contribution in [2.45, 2.75) is 78.7 Å². The van der Waals surface area contributed by atoms with Gasteiger partial charge in [0.05, 0.1) is 0 Å². The van der Waals surface area contributed by atoms with Crippen molar-refractivity contribution < 1.29 is 0 Å². The van der Waals surface area contributed by atoms with Gasteiger partial charge in [-0.3, -0.25) is 0 Å². The van der Waals surface area contributed by atoms with Crippen molar-refractivity contribution in [2.75, 3.05) is 26.2 Å². The molecule has 1 heterocycles. The van der Waals surface area contributed by atoms with Crippen LogP contribution in [-0.4, -0.2) is 37.1 Å². The van der Waals surface area contributed by atoms with Crippen molar-refractivity contribution in [3.8, 4) is 0 Å². The zero-order chi connectivity index (χ0) is 15.3. The Bertz CT molecular complexity index is 284. The Hall–Kier alpha value is -0.0800. The van der Waals surface area contributed by atoms with E-state index in [-0.39, 0.29) is 0 Å². The molecule has 124 valence electrons. The van der Waals surface area contributed by atoms with Crippen molar-refractivity contribution in [1.29, 1.82) is 0 Å². The molecule has 0 aromatic rings. The van der Waals surface area contributed by atoms with E-state index in [1.54, 1.807) is 0 Å². The second-order valence-electron chi connectivity index (χ2n) is 8.37. The monoisotopic (exact) mass is 294 g/mol. The Balaban J connectivity index is 1.73. The Morgan fingerprint density at radius 2 is 1.48 bits per heavy atom. The van der Waals surface area contributed by atoms with E-state index in [2.05, 4.69) is 37.9 Å². The van der Waals surface area contributed by atoms with Crippen LogP contribution in [-0.2, 0) is 0 Å². The molecule has 2 unspecified atom stereocenters. The van der Waals surface area contributed by atoms with Crippen LogP contribution < -0.4 is 5.32 Å². The first-order valence-corrected chi connectivity index (χ1v) is 9.47. The molecular formula is C19H38N2. The average Bonchev–Trinajstić information content (AvgIpc) is 2.48. The number of hydrogen-bond donors (Lipinski definition) is 1. The van der Waals surface area contributed by atoms with Gasteiger partial charge in [0.25, 0.3) is 0 Å². The lowest BCUT2D eigenvalue weighted by molar-refractivity contribution is 0.0360. The van der Waals surface area contributed by atoms with Crippen molar-refractivity contribution in [3.05, 3.63) is 0 Å². The summed E-state index contributed by atoms with van der Waals surface area (Å²) in [5, 5.41) is 3.63. The van der Waals surface area contributed by atoms with Gasteiger partial charge in [0.15, 0.2) is 0 Å². The van der Waals surface area contributed by atoms with Crippen molar-refractivity contribution >= 4 is 0 Å². The first-order chi connectivity index (χ1) is 10.0. The predicted molar refractivity (Wildman–Crippen MR) is 92.7 cm³/mol. The molecule has 1 spiro atoms. The lowest BCUT2D eigenvalue weighted by Crippen LogP contribution is -2.48. The molecule has 0 radical (unpaired) electrons. The number of rotatable bonds is 6. The minimum absolute atomic E-state index is 0.727. The van der Waals surface area contributed by atoms with E-state index in [1.165, 1.54) is 64.6 Å². The smallest absolute Gasteiger partial charge is 0.0105 e. The van der Waals surface area contributed by atoms with Gasteiger partial charge in [-0.25, -0.2) is 0 Å². The molecule has 0 aromatic heterocycles. The van der Waals surface area contributed by atoms with Crippen molar-refractivity contribution in [1.82, 2.24) is 10.2 Å². The van der Waals surface area contributed by atoms with Crippen molar-refractivity contribution in [2.24, 2.45) is 17.3 Å². The third-order valence-corrected chi connectivity index (χ3v) is 6.19. The number of hydrogen-bond acceptors (Lipinski definition) is 2. The molecule has 1 N–H and O–H groups in total. The molecule has 1 aliphatic heterocycles. The SMILES string of the molecule is CC(C)CNCC(C)C(C)N1CCC2(CCCCC2)CC1. The van der Waals surface area contributed by atoms with Gasteiger partial charge in [-0.15, -0.1) is 0 Å². The minimum Gasteiger partial charge on any atom is -0.316 e. The molecule has 1 saturated heterocycles. The van der Waals surface area contributed by atoms with Crippen LogP contribution in [0, 0.1) is 17.3 Å². The molecule has 2 nitrogen and oxygen atoms in total. The summed E-state index contributed by atoms with van der Waals surface area (Å²) in [6.45, 7) is 14.4. The van der Waals surface area contributed by atoms with Crippen LogP contribution >= 0.6 is 0 Å². The topological polar surface area (TPSA) is 15.3 Å². The molecule has 21 heavy (non-hydrogen) atoms. The number of piperidine rings is 1. The summed E-state index contributed by atoms with van der Waals surface area (Å²) in [6, 6.07) is 0.727. The zero-order valence-electron chi connectivity index (χ0n) is 15.0. The lowest BCUT2D eigenvalue weighted by Gasteiger charge is -2.47. The van der Waals surface area contributed by atoms with Crippen molar-refractivity contribution in [3.63, 3.8) is 0 Å². The van der Waals surface area contributed by atoms with Gasteiger partial charge in [0.2, 0.25) is 0 Å². The predicted octanol–water partition coefficient (Wildman–Crippen LogP) is 4.30. The van der Waals surface area contributed by atoms with Crippen LogP contribution in [0.5, 0.6) is 0 Å². The van der Waals surface area contributed by atoms with Crippen LogP contribution in [0.2, 0.25) is 0 Å². The molecule has 0 bridgehead atoms. The highest BCUT2D eigenvalue weighted by Gasteiger charge is 2.36. The van der Waals surface area contributed by atoms with Crippen LogP contribution in [0.25, 0.3) is 0 Å². The summed E-state index contributed by atoms with van der Waals surface area (Å²) in [4.78, 5) is 2.77. The van der Waals surface area contributed by atoms with E-state index in [9.17, 15) is 0 Å². The average molecular weight is 295 g/mol. The number of likely N-dealkylation sites (tertiary alicyclic amines) is 1. The summed E-state index contributed by atoms with van der Waals surface area (Å²) < 4.78 is 0. The van der Waals surface area contributed by atoms with E-state index < -0.39 is 0 Å². The Morgan fingerprint density at radius 3 is 2.05 bits per heavy atom. The van der Waals surface area contributed by atoms with Crippen LogP contribution in [0.3, 0.4) is 0 Å². The molecule has 0 amide bonds. The van der Waals surface area contributed by atoms with Gasteiger partial charge < -0.3 is 10.2 Å². The normalized spacial score (nSPS) is 26.1. The number of nitrogens with one attached hydrogen (secondary N) is 1. The summed E-state index contributed by atoms with van der Waals surface area (Å²) >= 11 is 0. The van der Waals surface area contributed by atoms with Gasteiger partial charge in [-0.2, -0.15) is 0 Å². The van der Waals surface area contributed by atoms with Gasteiger partial charge in [0.1, 0.15) is 0 Å². The van der Waals surface area contributed by atoms with E-state index in [0.717, 1.165) is 29.8 Å². The highest BCUT2D eigenvalue weighted by atomic mass is 15.2. The van der Waals surface area contributed by atoms with Crippen LogP contribution in [0.15, 0.2) is 0 Å². The second kappa shape index (κ2) is 7.97.